The van der Waals surface area contributed by atoms with E-state index >= 15 is 0 Å². The smallest absolute Gasteiger partial charge is 0.173 e. The lowest BCUT2D eigenvalue weighted by Gasteiger charge is -2.19. The second kappa shape index (κ2) is 6.30. The Balaban J connectivity index is 3.04. The van der Waals surface area contributed by atoms with Gasteiger partial charge >= 0.3 is 0 Å². The number of nitrogens with one attached hydrogen (secondary N) is 1. The van der Waals surface area contributed by atoms with Crippen molar-refractivity contribution in [3.8, 4) is 0 Å². The van der Waals surface area contributed by atoms with Crippen LogP contribution in [0, 0.1) is 11.6 Å². The Morgan fingerprint density at radius 1 is 1.31 bits per heavy atom. The van der Waals surface area contributed by atoms with Crippen LogP contribution >= 0.6 is 15.9 Å². The van der Waals surface area contributed by atoms with E-state index in [0.29, 0.717) is 0 Å². The van der Waals surface area contributed by atoms with Crippen LogP contribution in [0.4, 0.5) is 8.78 Å². The molecule has 1 nitrogen and oxygen atoms in total. The summed E-state index contributed by atoms with van der Waals surface area (Å²) in [5.41, 5.74) is 0.780. The molecule has 0 bridgehead atoms. The van der Waals surface area contributed by atoms with Crippen LogP contribution in [0.3, 0.4) is 0 Å². The molecule has 0 amide bonds. The Kier molecular flexibility index (Phi) is 5.35. The van der Waals surface area contributed by atoms with Crippen LogP contribution in [0.2, 0.25) is 0 Å². The third-order valence-corrected chi connectivity index (χ3v) is 3.27. The Labute approximate surface area is 103 Å². The molecule has 0 spiro atoms. The first-order valence-electron chi connectivity index (χ1n) is 5.48. The minimum Gasteiger partial charge on any atom is -0.310 e. The zero-order valence-electron chi connectivity index (χ0n) is 9.49. The monoisotopic (exact) mass is 291 g/mol. The average Bonchev–Trinajstić information content (AvgIpc) is 2.26. The molecular formula is C12H16BrF2N. The minimum atomic E-state index is -0.817. The SMILES string of the molecule is CCCC(NCC)c1ccc(F)c(F)c1Br. The van der Waals surface area contributed by atoms with E-state index in [1.165, 1.54) is 6.07 Å². The zero-order chi connectivity index (χ0) is 12.1. The Hall–Kier alpha value is -0.480. The van der Waals surface area contributed by atoms with E-state index in [-0.39, 0.29) is 10.5 Å². The van der Waals surface area contributed by atoms with Gasteiger partial charge in [0.1, 0.15) is 0 Å². The summed E-state index contributed by atoms with van der Waals surface area (Å²) in [6, 6.07) is 2.88. The van der Waals surface area contributed by atoms with Crippen molar-refractivity contribution in [3.63, 3.8) is 0 Å². The van der Waals surface area contributed by atoms with E-state index in [1.807, 2.05) is 6.92 Å². The molecule has 0 fully saturated rings. The number of hydrogen-bond acceptors (Lipinski definition) is 1. The molecule has 0 radical (unpaired) electrons. The van der Waals surface area contributed by atoms with Gasteiger partial charge in [-0.2, -0.15) is 0 Å². The number of halogens is 3. The molecular weight excluding hydrogens is 276 g/mol. The van der Waals surface area contributed by atoms with Crippen LogP contribution < -0.4 is 5.32 Å². The lowest BCUT2D eigenvalue weighted by molar-refractivity contribution is 0.480. The molecule has 0 aliphatic rings. The van der Waals surface area contributed by atoms with Gasteiger partial charge in [-0.1, -0.05) is 26.3 Å². The fourth-order valence-electron chi connectivity index (χ4n) is 1.71. The molecule has 1 aromatic carbocycles. The molecule has 1 N–H and O–H groups in total. The number of rotatable bonds is 5. The summed E-state index contributed by atoms with van der Waals surface area (Å²) >= 11 is 3.12. The van der Waals surface area contributed by atoms with Crippen LogP contribution in [0.1, 0.15) is 38.3 Å². The normalized spacial score (nSPS) is 12.8. The van der Waals surface area contributed by atoms with Crippen molar-refractivity contribution in [2.45, 2.75) is 32.7 Å². The second-order valence-corrected chi connectivity index (χ2v) is 4.46. The van der Waals surface area contributed by atoms with Crippen molar-refractivity contribution < 1.29 is 8.78 Å². The summed E-state index contributed by atoms with van der Waals surface area (Å²) in [6.07, 6.45) is 1.89. The third-order valence-electron chi connectivity index (χ3n) is 2.47. The summed E-state index contributed by atoms with van der Waals surface area (Å²) in [7, 11) is 0. The van der Waals surface area contributed by atoms with Gasteiger partial charge in [-0.25, -0.2) is 8.78 Å². The third kappa shape index (κ3) is 3.01. The van der Waals surface area contributed by atoms with Crippen molar-refractivity contribution in [3.05, 3.63) is 33.8 Å². The highest BCUT2D eigenvalue weighted by Crippen LogP contribution is 2.30. The van der Waals surface area contributed by atoms with E-state index in [9.17, 15) is 8.78 Å². The maximum Gasteiger partial charge on any atom is 0.173 e. The lowest BCUT2D eigenvalue weighted by Crippen LogP contribution is -2.21. The first kappa shape index (κ1) is 13.6. The van der Waals surface area contributed by atoms with Gasteiger partial charge < -0.3 is 5.32 Å². The van der Waals surface area contributed by atoms with E-state index in [4.69, 9.17) is 0 Å². The highest BCUT2D eigenvalue weighted by atomic mass is 79.9. The second-order valence-electron chi connectivity index (χ2n) is 3.66. The zero-order valence-corrected chi connectivity index (χ0v) is 11.1. The van der Waals surface area contributed by atoms with E-state index in [0.717, 1.165) is 24.9 Å². The van der Waals surface area contributed by atoms with Crippen LogP contribution in [-0.4, -0.2) is 6.54 Å². The molecule has 90 valence electrons. The Morgan fingerprint density at radius 3 is 2.56 bits per heavy atom. The van der Waals surface area contributed by atoms with Gasteiger partial charge in [-0.3, -0.25) is 0 Å². The molecule has 0 saturated heterocycles. The first-order valence-corrected chi connectivity index (χ1v) is 6.27. The van der Waals surface area contributed by atoms with Crippen molar-refractivity contribution in [2.75, 3.05) is 6.54 Å². The number of benzene rings is 1. The van der Waals surface area contributed by atoms with Crippen molar-refractivity contribution in [1.82, 2.24) is 5.32 Å². The molecule has 1 unspecified atom stereocenters. The van der Waals surface area contributed by atoms with Crippen molar-refractivity contribution in [2.24, 2.45) is 0 Å². The maximum atomic E-state index is 13.4. The summed E-state index contributed by atoms with van der Waals surface area (Å²) in [4.78, 5) is 0. The lowest BCUT2D eigenvalue weighted by atomic mass is 10.0. The number of hydrogen-bond donors (Lipinski definition) is 1. The summed E-state index contributed by atoms with van der Waals surface area (Å²) in [5, 5.41) is 3.27. The van der Waals surface area contributed by atoms with Crippen LogP contribution in [0.25, 0.3) is 0 Å². The first-order chi connectivity index (χ1) is 7.61. The van der Waals surface area contributed by atoms with Crippen molar-refractivity contribution >= 4 is 15.9 Å². The average molecular weight is 292 g/mol. The van der Waals surface area contributed by atoms with E-state index in [2.05, 4.69) is 28.2 Å². The quantitative estimate of drug-likeness (QED) is 0.803. The van der Waals surface area contributed by atoms with Gasteiger partial charge in [-0.15, -0.1) is 0 Å². The fraction of sp³-hybridized carbons (Fsp3) is 0.500. The topological polar surface area (TPSA) is 12.0 Å². The molecule has 16 heavy (non-hydrogen) atoms. The minimum absolute atomic E-state index is 0.0690. The predicted molar refractivity (Wildman–Crippen MR) is 65.4 cm³/mol. The van der Waals surface area contributed by atoms with E-state index < -0.39 is 11.6 Å². The highest BCUT2D eigenvalue weighted by molar-refractivity contribution is 9.10. The van der Waals surface area contributed by atoms with Crippen LogP contribution in [0.5, 0.6) is 0 Å². The van der Waals surface area contributed by atoms with E-state index in [1.54, 1.807) is 6.07 Å². The Morgan fingerprint density at radius 2 is 2.00 bits per heavy atom. The molecule has 1 atom stereocenters. The van der Waals surface area contributed by atoms with Gasteiger partial charge in [0.2, 0.25) is 0 Å². The standard InChI is InChI=1S/C12H16BrF2N/c1-3-5-10(16-4-2)8-6-7-9(14)12(15)11(8)13/h6-7,10,16H,3-5H2,1-2H3. The molecule has 0 aliphatic heterocycles. The molecule has 1 rings (SSSR count). The molecule has 0 saturated carbocycles. The van der Waals surface area contributed by atoms with Crippen LogP contribution in [-0.2, 0) is 0 Å². The molecule has 0 heterocycles. The van der Waals surface area contributed by atoms with Gasteiger partial charge in [-0.05, 0) is 40.5 Å². The Bertz CT molecular complexity index is 349. The summed E-state index contributed by atoms with van der Waals surface area (Å²) < 4.78 is 26.6. The molecule has 0 aliphatic carbocycles. The van der Waals surface area contributed by atoms with Crippen LogP contribution in [0.15, 0.2) is 16.6 Å². The summed E-state index contributed by atoms with van der Waals surface area (Å²) in [6.45, 7) is 4.87. The van der Waals surface area contributed by atoms with Crippen molar-refractivity contribution in [1.29, 1.82) is 0 Å². The predicted octanol–water partition coefficient (Wildman–Crippen LogP) is 4.18. The highest BCUT2D eigenvalue weighted by Gasteiger charge is 2.17. The molecule has 4 heteroatoms. The van der Waals surface area contributed by atoms with Gasteiger partial charge in [0.15, 0.2) is 11.6 Å². The largest absolute Gasteiger partial charge is 0.310 e. The maximum absolute atomic E-state index is 13.4. The van der Waals surface area contributed by atoms with Gasteiger partial charge in [0.25, 0.3) is 0 Å². The van der Waals surface area contributed by atoms with Gasteiger partial charge in [0.05, 0.1) is 4.47 Å². The molecule has 1 aromatic rings. The summed E-state index contributed by atoms with van der Waals surface area (Å²) in [5.74, 6) is -1.63. The molecule has 0 aromatic heterocycles. The fourth-order valence-corrected chi connectivity index (χ4v) is 2.31. The van der Waals surface area contributed by atoms with Gasteiger partial charge in [0, 0.05) is 6.04 Å².